The van der Waals surface area contributed by atoms with Gasteiger partial charge in [0.15, 0.2) is 0 Å². The van der Waals surface area contributed by atoms with Crippen LogP contribution in [0.1, 0.15) is 30.6 Å². The summed E-state index contributed by atoms with van der Waals surface area (Å²) in [5.41, 5.74) is 1.89. The fourth-order valence-electron chi connectivity index (χ4n) is 3.04. The molecule has 4 N–H and O–H groups in total. The van der Waals surface area contributed by atoms with Crippen LogP contribution in [-0.4, -0.2) is 33.6 Å². The number of carbonyl (C=O) groups is 1. The highest BCUT2D eigenvalue weighted by Crippen LogP contribution is 2.25. The lowest BCUT2D eigenvalue weighted by atomic mass is 10.0. The van der Waals surface area contributed by atoms with Crippen molar-refractivity contribution in [3.8, 4) is 0 Å². The van der Waals surface area contributed by atoms with Crippen LogP contribution >= 0.6 is 15.9 Å². The third kappa shape index (κ3) is 6.73. The lowest BCUT2D eigenvalue weighted by molar-refractivity contribution is 0.0908. The first-order valence-corrected chi connectivity index (χ1v) is 11.0. The molecule has 0 aliphatic rings. The van der Waals surface area contributed by atoms with Crippen LogP contribution in [0.5, 0.6) is 0 Å². The molecule has 0 spiro atoms. The van der Waals surface area contributed by atoms with Crippen LogP contribution in [0.2, 0.25) is 0 Å². The molecule has 1 atom stereocenters. The number of rotatable bonds is 9. The number of amides is 1. The number of hydrogen-bond donors (Lipinski definition) is 4. The summed E-state index contributed by atoms with van der Waals surface area (Å²) < 4.78 is 13.8. The van der Waals surface area contributed by atoms with Gasteiger partial charge in [0.05, 0.1) is 17.1 Å². The van der Waals surface area contributed by atoms with Crippen molar-refractivity contribution in [2.45, 2.75) is 26.3 Å². The molecular formula is C23H25BrFN5O2. The highest BCUT2D eigenvalue weighted by atomic mass is 79.9. The van der Waals surface area contributed by atoms with Crippen molar-refractivity contribution in [1.29, 1.82) is 0 Å². The topological polar surface area (TPSA) is 99.2 Å². The molecule has 0 bridgehead atoms. The Morgan fingerprint density at radius 3 is 2.31 bits per heavy atom. The molecule has 7 nitrogen and oxygen atoms in total. The minimum Gasteiger partial charge on any atom is -0.394 e. The fraction of sp³-hybridized carbons (Fsp3) is 0.261. The van der Waals surface area contributed by atoms with E-state index in [0.717, 1.165) is 0 Å². The predicted molar refractivity (Wildman–Crippen MR) is 127 cm³/mol. The zero-order valence-corrected chi connectivity index (χ0v) is 19.4. The third-order valence-electron chi connectivity index (χ3n) is 4.57. The molecule has 0 aliphatic heterocycles. The zero-order chi connectivity index (χ0) is 23.1. The molecule has 1 unspecified atom stereocenters. The molecule has 1 aromatic heterocycles. The summed E-state index contributed by atoms with van der Waals surface area (Å²) in [7, 11) is 0. The largest absolute Gasteiger partial charge is 0.394 e. The van der Waals surface area contributed by atoms with Crippen molar-refractivity contribution in [2.75, 3.05) is 17.2 Å². The molecular weight excluding hydrogens is 477 g/mol. The molecule has 3 rings (SSSR count). The van der Waals surface area contributed by atoms with Crippen molar-refractivity contribution in [3.05, 3.63) is 70.6 Å². The molecule has 0 aliphatic carbocycles. The number of carbonyl (C=O) groups excluding carboxylic acids is 1. The van der Waals surface area contributed by atoms with Gasteiger partial charge in [-0.1, -0.05) is 13.8 Å². The molecule has 0 fully saturated rings. The van der Waals surface area contributed by atoms with E-state index < -0.39 is 0 Å². The lowest BCUT2D eigenvalue weighted by Crippen LogP contribution is -2.38. The predicted octanol–water partition coefficient (Wildman–Crippen LogP) is 5.00. The van der Waals surface area contributed by atoms with Gasteiger partial charge >= 0.3 is 0 Å². The summed E-state index contributed by atoms with van der Waals surface area (Å²) in [5, 5.41) is 18.5. The molecule has 0 radical (unpaired) electrons. The Kier molecular flexibility index (Phi) is 8.13. The lowest BCUT2D eigenvalue weighted by Gasteiger charge is -2.18. The second-order valence-corrected chi connectivity index (χ2v) is 8.56. The van der Waals surface area contributed by atoms with Gasteiger partial charge in [0.1, 0.15) is 11.6 Å². The van der Waals surface area contributed by atoms with E-state index >= 15 is 0 Å². The second-order valence-electron chi connectivity index (χ2n) is 7.71. The Bertz CT molecular complexity index is 1050. The molecule has 0 saturated carbocycles. The van der Waals surface area contributed by atoms with Crippen molar-refractivity contribution >= 4 is 45.0 Å². The summed E-state index contributed by atoms with van der Waals surface area (Å²) in [4.78, 5) is 21.1. The number of nitrogens with zero attached hydrogens (tertiary/aromatic N) is 2. The number of nitrogens with one attached hydrogen (secondary N) is 3. The monoisotopic (exact) mass is 501 g/mol. The van der Waals surface area contributed by atoms with Gasteiger partial charge in [-0.05, 0) is 76.8 Å². The van der Waals surface area contributed by atoms with Crippen molar-refractivity contribution in [2.24, 2.45) is 5.92 Å². The van der Waals surface area contributed by atoms with Gasteiger partial charge in [-0.3, -0.25) is 4.79 Å². The summed E-state index contributed by atoms with van der Waals surface area (Å²) in [6.07, 6.45) is 2.31. The van der Waals surface area contributed by atoms with Crippen LogP contribution in [0.15, 0.2) is 59.2 Å². The Morgan fingerprint density at radius 1 is 1.06 bits per heavy atom. The first-order valence-electron chi connectivity index (χ1n) is 10.2. The van der Waals surface area contributed by atoms with E-state index in [0.29, 0.717) is 45.5 Å². The van der Waals surface area contributed by atoms with Crippen LogP contribution in [0.25, 0.3) is 0 Å². The van der Waals surface area contributed by atoms with Crippen LogP contribution in [0.3, 0.4) is 0 Å². The van der Waals surface area contributed by atoms with Crippen molar-refractivity contribution < 1.29 is 14.3 Å². The van der Waals surface area contributed by atoms with Crippen LogP contribution in [0.4, 0.5) is 27.5 Å². The summed E-state index contributed by atoms with van der Waals surface area (Å²) in [5.74, 6) is 0.690. The molecule has 168 valence electrons. The molecule has 3 aromatic rings. The van der Waals surface area contributed by atoms with Gasteiger partial charge in [0, 0.05) is 23.1 Å². The highest BCUT2D eigenvalue weighted by Gasteiger charge is 2.14. The third-order valence-corrected chi connectivity index (χ3v) is 5.15. The summed E-state index contributed by atoms with van der Waals surface area (Å²) in [6, 6.07) is 12.6. The van der Waals surface area contributed by atoms with Gasteiger partial charge in [-0.2, -0.15) is 4.98 Å². The second kappa shape index (κ2) is 11.0. The fourth-order valence-corrected chi connectivity index (χ4v) is 3.33. The SMILES string of the molecule is CC(C)CC(CO)NC(=O)c1ccc(Nc2ncc(Br)c(Nc3ccc(F)cc3)n2)cc1. The number of aliphatic hydroxyl groups is 1. The number of halogens is 2. The normalized spacial score (nSPS) is 11.8. The van der Waals surface area contributed by atoms with Gasteiger partial charge in [-0.25, -0.2) is 9.37 Å². The maximum Gasteiger partial charge on any atom is 0.251 e. The van der Waals surface area contributed by atoms with E-state index in [1.54, 1.807) is 42.6 Å². The van der Waals surface area contributed by atoms with E-state index in [2.05, 4.69) is 41.8 Å². The first-order chi connectivity index (χ1) is 15.3. The highest BCUT2D eigenvalue weighted by molar-refractivity contribution is 9.10. The Balaban J connectivity index is 1.66. The number of hydrogen-bond acceptors (Lipinski definition) is 6. The molecule has 0 saturated heterocycles. The number of aromatic nitrogens is 2. The number of benzene rings is 2. The average Bonchev–Trinajstić information content (AvgIpc) is 2.77. The average molecular weight is 502 g/mol. The van der Waals surface area contributed by atoms with E-state index in [9.17, 15) is 14.3 Å². The van der Waals surface area contributed by atoms with Gasteiger partial charge in [-0.15, -0.1) is 0 Å². The zero-order valence-electron chi connectivity index (χ0n) is 17.8. The first kappa shape index (κ1) is 23.6. The summed E-state index contributed by atoms with van der Waals surface area (Å²) >= 11 is 3.40. The van der Waals surface area contributed by atoms with E-state index in [4.69, 9.17) is 0 Å². The quantitative estimate of drug-likeness (QED) is 0.329. The molecule has 9 heteroatoms. The maximum absolute atomic E-state index is 13.1. The Labute approximate surface area is 194 Å². The van der Waals surface area contributed by atoms with Crippen molar-refractivity contribution in [3.63, 3.8) is 0 Å². The molecule has 2 aromatic carbocycles. The standard InChI is InChI=1S/C23H25BrFN5O2/c1-14(2)11-19(13-31)28-22(32)15-3-7-18(8-4-15)29-23-26-12-20(24)21(30-23)27-17-9-5-16(25)6-10-17/h3-10,12,14,19,31H,11,13H2,1-2H3,(H,28,32)(H2,26,27,29,30). The molecule has 1 amide bonds. The van der Waals surface area contributed by atoms with Crippen molar-refractivity contribution in [1.82, 2.24) is 15.3 Å². The Hall–Kier alpha value is -3.04. The Morgan fingerprint density at radius 2 is 1.69 bits per heavy atom. The molecule has 1 heterocycles. The smallest absolute Gasteiger partial charge is 0.251 e. The van der Waals surface area contributed by atoms with Crippen LogP contribution in [-0.2, 0) is 0 Å². The maximum atomic E-state index is 13.1. The van der Waals surface area contributed by atoms with Gasteiger partial charge < -0.3 is 21.1 Å². The van der Waals surface area contributed by atoms with E-state index in [1.165, 1.54) is 12.1 Å². The molecule has 32 heavy (non-hydrogen) atoms. The van der Waals surface area contributed by atoms with Gasteiger partial charge in [0.2, 0.25) is 5.95 Å². The van der Waals surface area contributed by atoms with Gasteiger partial charge in [0.25, 0.3) is 5.91 Å². The number of aliphatic hydroxyl groups excluding tert-OH is 1. The van der Waals surface area contributed by atoms with Crippen LogP contribution < -0.4 is 16.0 Å². The number of anilines is 4. The minimum atomic E-state index is -0.316. The van der Waals surface area contributed by atoms with E-state index in [-0.39, 0.29) is 24.4 Å². The van der Waals surface area contributed by atoms with E-state index in [1.807, 2.05) is 13.8 Å². The minimum absolute atomic E-state index is 0.0985. The van der Waals surface area contributed by atoms with Crippen LogP contribution in [0, 0.1) is 11.7 Å². The summed E-state index contributed by atoms with van der Waals surface area (Å²) in [6.45, 7) is 3.99.